The van der Waals surface area contributed by atoms with E-state index in [1.165, 1.54) is 7.11 Å². The molecule has 1 aromatic rings. The molecule has 21 heavy (non-hydrogen) atoms. The summed E-state index contributed by atoms with van der Waals surface area (Å²) in [5.41, 5.74) is -0.894. The molecule has 0 radical (unpaired) electrons. The van der Waals surface area contributed by atoms with E-state index in [1.807, 2.05) is 0 Å². The highest BCUT2D eigenvalue weighted by Gasteiger charge is 2.48. The number of Topliss-reactive ketones (excluding diaryl/α,β-unsaturated/α-hetero) is 1. The Morgan fingerprint density at radius 2 is 2.19 bits per heavy atom. The molecule has 2 atom stereocenters. The second-order valence-corrected chi connectivity index (χ2v) is 5.51. The number of ketones is 1. The van der Waals surface area contributed by atoms with Crippen molar-refractivity contribution in [1.82, 2.24) is 0 Å². The largest absolute Gasteiger partial charge is 0.497 e. The van der Waals surface area contributed by atoms with Crippen LogP contribution in [-0.2, 0) is 9.59 Å². The molecule has 1 saturated carbocycles. The first-order valence-electron chi connectivity index (χ1n) is 7.08. The number of carbonyl (C=O) groups is 2. The summed E-state index contributed by atoms with van der Waals surface area (Å²) in [7, 11) is 1.52. The van der Waals surface area contributed by atoms with E-state index in [0.717, 1.165) is 6.42 Å². The maximum Gasteiger partial charge on any atom is 0.317 e. The summed E-state index contributed by atoms with van der Waals surface area (Å²) >= 11 is 0. The van der Waals surface area contributed by atoms with E-state index in [0.29, 0.717) is 24.2 Å². The number of carbonyl (C=O) groups excluding carboxylic acids is 1. The molecule has 5 nitrogen and oxygen atoms in total. The Labute approximate surface area is 123 Å². The van der Waals surface area contributed by atoms with E-state index in [9.17, 15) is 19.8 Å². The van der Waals surface area contributed by atoms with Crippen molar-refractivity contribution in [3.05, 3.63) is 29.8 Å². The van der Waals surface area contributed by atoms with E-state index < -0.39 is 17.5 Å². The Hall–Kier alpha value is -1.88. The first kappa shape index (κ1) is 15.5. The van der Waals surface area contributed by atoms with Gasteiger partial charge in [0.1, 0.15) is 16.9 Å². The van der Waals surface area contributed by atoms with Crippen LogP contribution in [0.2, 0.25) is 0 Å². The number of aliphatic carboxylic acids is 1. The Morgan fingerprint density at radius 1 is 1.43 bits per heavy atom. The molecular formula is C16H20O5. The van der Waals surface area contributed by atoms with E-state index in [-0.39, 0.29) is 18.6 Å². The fraction of sp³-hybridized carbons (Fsp3) is 0.500. The zero-order valence-corrected chi connectivity index (χ0v) is 12.0. The molecule has 0 heterocycles. The second kappa shape index (κ2) is 6.26. The minimum Gasteiger partial charge on any atom is -0.497 e. The zero-order chi connectivity index (χ0) is 15.5. The van der Waals surface area contributed by atoms with E-state index in [1.54, 1.807) is 24.3 Å². The molecule has 0 amide bonds. The van der Waals surface area contributed by atoms with Crippen LogP contribution in [0.15, 0.2) is 24.3 Å². The number of methoxy groups -OCH3 is 1. The summed E-state index contributed by atoms with van der Waals surface area (Å²) in [6, 6.07) is 6.84. The monoisotopic (exact) mass is 292 g/mol. The van der Waals surface area contributed by atoms with Crippen molar-refractivity contribution in [2.45, 2.75) is 38.2 Å². The molecule has 0 bridgehead atoms. The lowest BCUT2D eigenvalue weighted by Crippen LogP contribution is -2.42. The van der Waals surface area contributed by atoms with Gasteiger partial charge >= 0.3 is 5.97 Å². The molecule has 0 aromatic heterocycles. The Bertz CT molecular complexity index is 539. The number of rotatable bonds is 5. The third kappa shape index (κ3) is 3.08. The summed E-state index contributed by atoms with van der Waals surface area (Å²) < 4.78 is 5.09. The van der Waals surface area contributed by atoms with Gasteiger partial charge < -0.3 is 14.9 Å². The van der Waals surface area contributed by atoms with Crippen LogP contribution in [-0.4, -0.2) is 29.1 Å². The Morgan fingerprint density at radius 3 is 2.81 bits per heavy atom. The molecule has 1 aliphatic rings. The highest BCUT2D eigenvalue weighted by atomic mass is 16.5. The van der Waals surface area contributed by atoms with Crippen LogP contribution in [0.1, 0.15) is 43.8 Å². The van der Waals surface area contributed by atoms with Gasteiger partial charge in [0.05, 0.1) is 13.2 Å². The Kier molecular flexibility index (Phi) is 4.63. The number of aliphatic hydroxyl groups excluding tert-OH is 1. The molecule has 1 aliphatic carbocycles. The summed E-state index contributed by atoms with van der Waals surface area (Å²) in [6.07, 6.45) is 0.901. The summed E-state index contributed by atoms with van der Waals surface area (Å²) in [5, 5.41) is 19.9. The van der Waals surface area contributed by atoms with Gasteiger partial charge in [-0.25, -0.2) is 0 Å². The van der Waals surface area contributed by atoms with Crippen molar-refractivity contribution in [1.29, 1.82) is 0 Å². The molecule has 0 saturated heterocycles. The number of carboxylic acid groups (broad SMARTS) is 1. The van der Waals surface area contributed by atoms with Gasteiger partial charge in [-0.3, -0.25) is 9.59 Å². The van der Waals surface area contributed by atoms with E-state index in [4.69, 9.17) is 4.74 Å². The van der Waals surface area contributed by atoms with Crippen LogP contribution in [0.5, 0.6) is 5.75 Å². The minimum absolute atomic E-state index is 0.0890. The number of ether oxygens (including phenoxy) is 1. The van der Waals surface area contributed by atoms with E-state index >= 15 is 0 Å². The zero-order valence-electron chi connectivity index (χ0n) is 12.0. The maximum absolute atomic E-state index is 12.1. The lowest BCUT2D eigenvalue weighted by molar-refractivity contribution is -0.159. The summed E-state index contributed by atoms with van der Waals surface area (Å²) in [6.45, 7) is 0. The fourth-order valence-electron chi connectivity index (χ4n) is 2.92. The van der Waals surface area contributed by atoms with Crippen LogP contribution < -0.4 is 4.74 Å². The van der Waals surface area contributed by atoms with Crippen LogP contribution in [0.25, 0.3) is 0 Å². The first-order chi connectivity index (χ1) is 9.99. The van der Waals surface area contributed by atoms with Gasteiger partial charge in [-0.15, -0.1) is 0 Å². The van der Waals surface area contributed by atoms with Gasteiger partial charge in [-0.05, 0) is 30.5 Å². The second-order valence-electron chi connectivity index (χ2n) is 5.51. The minimum atomic E-state index is -1.46. The molecule has 0 aliphatic heterocycles. The number of benzene rings is 1. The van der Waals surface area contributed by atoms with Crippen molar-refractivity contribution >= 4 is 11.8 Å². The van der Waals surface area contributed by atoms with Gasteiger partial charge in [0, 0.05) is 12.8 Å². The SMILES string of the molecule is COc1cccc(C(O)CC2(C(=O)O)CCCCC2=O)c1. The van der Waals surface area contributed by atoms with Crippen LogP contribution in [0.3, 0.4) is 0 Å². The molecule has 2 unspecified atom stereocenters. The number of hydrogen-bond acceptors (Lipinski definition) is 4. The first-order valence-corrected chi connectivity index (χ1v) is 7.08. The quantitative estimate of drug-likeness (QED) is 0.814. The van der Waals surface area contributed by atoms with Crippen molar-refractivity contribution in [2.24, 2.45) is 5.41 Å². The molecule has 1 fully saturated rings. The lowest BCUT2D eigenvalue weighted by atomic mass is 9.69. The summed E-state index contributed by atoms with van der Waals surface area (Å²) in [5.74, 6) is -0.816. The normalized spacial score (nSPS) is 23.6. The third-order valence-corrected chi connectivity index (χ3v) is 4.22. The van der Waals surface area contributed by atoms with Gasteiger partial charge in [0.25, 0.3) is 0 Å². The van der Waals surface area contributed by atoms with Crippen molar-refractivity contribution in [3.63, 3.8) is 0 Å². The predicted octanol–water partition coefficient (Wildman–Crippen LogP) is 2.33. The molecule has 1 aromatic carbocycles. The number of carboxylic acids is 1. The molecule has 114 valence electrons. The van der Waals surface area contributed by atoms with Crippen LogP contribution in [0, 0.1) is 5.41 Å². The van der Waals surface area contributed by atoms with Gasteiger partial charge in [-0.2, -0.15) is 0 Å². The van der Waals surface area contributed by atoms with Crippen molar-refractivity contribution in [2.75, 3.05) is 7.11 Å². The van der Waals surface area contributed by atoms with E-state index in [2.05, 4.69) is 0 Å². The third-order valence-electron chi connectivity index (χ3n) is 4.22. The highest BCUT2D eigenvalue weighted by Crippen LogP contribution is 2.41. The molecule has 5 heteroatoms. The van der Waals surface area contributed by atoms with Crippen LogP contribution in [0.4, 0.5) is 0 Å². The maximum atomic E-state index is 12.1. The van der Waals surface area contributed by atoms with Crippen molar-refractivity contribution in [3.8, 4) is 5.75 Å². The topological polar surface area (TPSA) is 83.8 Å². The Balaban J connectivity index is 2.24. The fourth-order valence-corrected chi connectivity index (χ4v) is 2.92. The average Bonchev–Trinajstić information content (AvgIpc) is 2.49. The van der Waals surface area contributed by atoms with Crippen molar-refractivity contribution < 1.29 is 24.5 Å². The lowest BCUT2D eigenvalue weighted by Gasteiger charge is -2.33. The van der Waals surface area contributed by atoms with Gasteiger partial charge in [-0.1, -0.05) is 18.6 Å². The molecule has 2 N–H and O–H groups in total. The van der Waals surface area contributed by atoms with Gasteiger partial charge in [0.15, 0.2) is 0 Å². The molecular weight excluding hydrogens is 272 g/mol. The number of hydrogen-bond donors (Lipinski definition) is 2. The highest BCUT2D eigenvalue weighted by molar-refractivity contribution is 6.03. The number of aliphatic hydroxyl groups is 1. The van der Waals surface area contributed by atoms with Crippen LogP contribution >= 0.6 is 0 Å². The average molecular weight is 292 g/mol. The standard InChI is InChI=1S/C16H20O5/c1-21-12-6-4-5-11(9-12)13(17)10-16(15(19)20)8-3-2-7-14(16)18/h4-6,9,13,17H,2-3,7-8,10H2,1H3,(H,19,20). The predicted molar refractivity (Wildman–Crippen MR) is 76.1 cm³/mol. The molecule has 2 rings (SSSR count). The molecule has 0 spiro atoms. The smallest absolute Gasteiger partial charge is 0.317 e. The van der Waals surface area contributed by atoms with Gasteiger partial charge in [0.2, 0.25) is 0 Å². The summed E-state index contributed by atoms with van der Waals surface area (Å²) in [4.78, 5) is 23.8.